The largest absolute Gasteiger partial charge is 0.455 e. The van der Waals surface area contributed by atoms with E-state index < -0.39 is 6.04 Å². The van der Waals surface area contributed by atoms with Gasteiger partial charge in [0.1, 0.15) is 11.8 Å². The Bertz CT molecular complexity index is 1480. The number of hydrogen-bond acceptors (Lipinski definition) is 5. The standard InChI is InChI=1S/C28H23ClN4O3/c29-20-8-10-25-23(17-20)31-26(21-5-1-2-6-24(21)36-25)28(35)33-14-12-32(13-15-33)27(34)19-7-9-22-18(16-19)4-3-11-30-22/h1-11,16-17,26,31H,12-15H2. The molecule has 1 fully saturated rings. The first-order valence-corrected chi connectivity index (χ1v) is 12.2. The lowest BCUT2D eigenvalue weighted by atomic mass is 10.0. The number of nitrogens with one attached hydrogen (secondary N) is 1. The third-order valence-corrected chi connectivity index (χ3v) is 6.90. The molecule has 3 heterocycles. The molecule has 6 rings (SSSR count). The van der Waals surface area contributed by atoms with Crippen LogP contribution >= 0.6 is 11.6 Å². The molecular formula is C28H23ClN4O3. The molecule has 36 heavy (non-hydrogen) atoms. The van der Waals surface area contributed by atoms with E-state index >= 15 is 0 Å². The highest BCUT2D eigenvalue weighted by Crippen LogP contribution is 2.41. The van der Waals surface area contributed by atoms with Gasteiger partial charge in [-0.05, 0) is 48.5 Å². The lowest BCUT2D eigenvalue weighted by Gasteiger charge is -2.36. The Morgan fingerprint density at radius 2 is 1.69 bits per heavy atom. The van der Waals surface area contributed by atoms with Gasteiger partial charge < -0.3 is 19.9 Å². The van der Waals surface area contributed by atoms with Crippen molar-refractivity contribution in [3.05, 3.63) is 95.1 Å². The predicted octanol–water partition coefficient (Wildman–Crippen LogP) is 5.13. The minimum absolute atomic E-state index is 0.0391. The van der Waals surface area contributed by atoms with E-state index in [2.05, 4.69) is 10.3 Å². The van der Waals surface area contributed by atoms with Crippen LogP contribution in [0.5, 0.6) is 11.5 Å². The van der Waals surface area contributed by atoms with Crippen molar-refractivity contribution in [3.63, 3.8) is 0 Å². The van der Waals surface area contributed by atoms with E-state index in [9.17, 15) is 9.59 Å². The number of carbonyl (C=O) groups is 2. The number of fused-ring (bicyclic) bond motifs is 3. The third kappa shape index (κ3) is 4.12. The summed E-state index contributed by atoms with van der Waals surface area (Å²) in [5.74, 6) is 1.14. The van der Waals surface area contributed by atoms with Gasteiger partial charge in [0.05, 0.1) is 11.2 Å². The van der Waals surface area contributed by atoms with Crippen molar-refractivity contribution in [2.45, 2.75) is 6.04 Å². The fourth-order valence-corrected chi connectivity index (χ4v) is 4.94. The summed E-state index contributed by atoms with van der Waals surface area (Å²) in [4.78, 5) is 34.8. The van der Waals surface area contributed by atoms with Gasteiger partial charge in [0, 0.05) is 53.9 Å². The van der Waals surface area contributed by atoms with Crippen LogP contribution in [0, 0.1) is 0 Å². The van der Waals surface area contributed by atoms with E-state index in [0.29, 0.717) is 54.0 Å². The molecule has 4 aromatic rings. The number of para-hydroxylation sites is 1. The van der Waals surface area contributed by atoms with Crippen LogP contribution in [0.4, 0.5) is 5.69 Å². The van der Waals surface area contributed by atoms with Crippen molar-refractivity contribution < 1.29 is 14.3 Å². The molecule has 180 valence electrons. The monoisotopic (exact) mass is 498 g/mol. The second-order valence-electron chi connectivity index (χ2n) is 8.89. The smallest absolute Gasteiger partial charge is 0.253 e. The van der Waals surface area contributed by atoms with Crippen molar-refractivity contribution in [2.75, 3.05) is 31.5 Å². The van der Waals surface area contributed by atoms with E-state index in [4.69, 9.17) is 16.3 Å². The molecule has 0 saturated carbocycles. The summed E-state index contributed by atoms with van der Waals surface area (Å²) in [6.45, 7) is 1.82. The van der Waals surface area contributed by atoms with E-state index in [1.807, 2.05) is 54.6 Å². The maximum atomic E-state index is 13.7. The highest BCUT2D eigenvalue weighted by Gasteiger charge is 2.34. The number of piperazine rings is 1. The molecular weight excluding hydrogens is 476 g/mol. The van der Waals surface area contributed by atoms with Gasteiger partial charge in [-0.2, -0.15) is 0 Å². The van der Waals surface area contributed by atoms with E-state index in [1.165, 1.54) is 0 Å². The summed E-state index contributed by atoms with van der Waals surface area (Å²) in [6, 6.07) is 21.6. The Labute approximate surface area is 213 Å². The minimum Gasteiger partial charge on any atom is -0.455 e. The minimum atomic E-state index is -0.629. The van der Waals surface area contributed by atoms with E-state index in [1.54, 1.807) is 34.2 Å². The number of rotatable bonds is 2. The Hall–Kier alpha value is -4.10. The van der Waals surface area contributed by atoms with Crippen molar-refractivity contribution in [1.29, 1.82) is 0 Å². The van der Waals surface area contributed by atoms with Gasteiger partial charge in [-0.3, -0.25) is 14.6 Å². The molecule has 8 heteroatoms. The van der Waals surface area contributed by atoms with Crippen LogP contribution in [0.2, 0.25) is 5.02 Å². The number of hydrogen-bond donors (Lipinski definition) is 1. The van der Waals surface area contributed by atoms with Gasteiger partial charge in [-0.15, -0.1) is 0 Å². The summed E-state index contributed by atoms with van der Waals surface area (Å²) in [5, 5.41) is 4.83. The zero-order valence-electron chi connectivity index (χ0n) is 19.4. The van der Waals surface area contributed by atoms with Crippen LogP contribution in [-0.4, -0.2) is 52.8 Å². The number of nitrogens with zero attached hydrogens (tertiary/aromatic N) is 3. The first-order chi connectivity index (χ1) is 17.6. The molecule has 1 saturated heterocycles. The lowest BCUT2D eigenvalue weighted by Crippen LogP contribution is -2.52. The summed E-state index contributed by atoms with van der Waals surface area (Å²) < 4.78 is 6.10. The van der Waals surface area contributed by atoms with Gasteiger partial charge in [0.15, 0.2) is 5.75 Å². The average Bonchev–Trinajstić information content (AvgIpc) is 3.08. The lowest BCUT2D eigenvalue weighted by molar-refractivity contribution is -0.133. The number of benzene rings is 3. The molecule has 0 spiro atoms. The summed E-state index contributed by atoms with van der Waals surface area (Å²) in [6.07, 6.45) is 1.74. The molecule has 1 unspecified atom stereocenters. The maximum Gasteiger partial charge on any atom is 0.253 e. The normalized spacial score (nSPS) is 16.9. The Morgan fingerprint density at radius 1 is 0.889 bits per heavy atom. The van der Waals surface area contributed by atoms with Crippen LogP contribution in [0.3, 0.4) is 0 Å². The van der Waals surface area contributed by atoms with Crippen molar-refractivity contribution >= 4 is 40.0 Å². The highest BCUT2D eigenvalue weighted by molar-refractivity contribution is 6.31. The number of halogens is 1. The number of anilines is 1. The molecule has 1 N–H and O–H groups in total. The molecule has 2 aliphatic rings. The number of aromatic nitrogens is 1. The van der Waals surface area contributed by atoms with Gasteiger partial charge in [-0.1, -0.05) is 35.9 Å². The zero-order valence-corrected chi connectivity index (χ0v) is 20.1. The third-order valence-electron chi connectivity index (χ3n) is 6.67. The fraction of sp³-hybridized carbons (Fsp3) is 0.179. The number of carbonyl (C=O) groups excluding carboxylic acids is 2. The summed E-state index contributed by atoms with van der Waals surface area (Å²) in [7, 11) is 0. The van der Waals surface area contributed by atoms with Crippen molar-refractivity contribution in [2.24, 2.45) is 0 Å². The van der Waals surface area contributed by atoms with Crippen LogP contribution in [-0.2, 0) is 4.79 Å². The van der Waals surface area contributed by atoms with Gasteiger partial charge >= 0.3 is 0 Å². The number of ether oxygens (including phenoxy) is 1. The van der Waals surface area contributed by atoms with E-state index in [-0.39, 0.29) is 11.8 Å². The highest BCUT2D eigenvalue weighted by atomic mass is 35.5. The summed E-state index contributed by atoms with van der Waals surface area (Å²) in [5.41, 5.74) is 2.91. The Kier molecular flexibility index (Phi) is 5.70. The van der Waals surface area contributed by atoms with Crippen molar-refractivity contribution in [1.82, 2.24) is 14.8 Å². The van der Waals surface area contributed by atoms with Crippen LogP contribution < -0.4 is 10.1 Å². The summed E-state index contributed by atoms with van der Waals surface area (Å²) >= 11 is 6.21. The fourth-order valence-electron chi connectivity index (χ4n) is 4.77. The topological polar surface area (TPSA) is 74.8 Å². The molecule has 2 aliphatic heterocycles. The molecule has 0 radical (unpaired) electrons. The second-order valence-corrected chi connectivity index (χ2v) is 9.32. The molecule has 2 amide bonds. The van der Waals surface area contributed by atoms with Crippen LogP contribution in [0.25, 0.3) is 10.9 Å². The zero-order chi connectivity index (χ0) is 24.6. The van der Waals surface area contributed by atoms with E-state index in [0.717, 1.165) is 16.5 Å². The molecule has 0 aliphatic carbocycles. The number of amides is 2. The second kappa shape index (κ2) is 9.17. The SMILES string of the molecule is O=C(c1ccc2ncccc2c1)N1CCN(C(=O)C2Nc3cc(Cl)ccc3Oc3ccccc32)CC1. The average molecular weight is 499 g/mol. The van der Waals surface area contributed by atoms with Gasteiger partial charge in [-0.25, -0.2) is 0 Å². The maximum absolute atomic E-state index is 13.7. The number of pyridine rings is 1. The Morgan fingerprint density at radius 3 is 2.56 bits per heavy atom. The Balaban J connectivity index is 1.19. The first-order valence-electron chi connectivity index (χ1n) is 11.8. The van der Waals surface area contributed by atoms with Gasteiger partial charge in [0.2, 0.25) is 5.91 Å². The molecule has 3 aromatic carbocycles. The first kappa shape index (κ1) is 22.4. The molecule has 1 atom stereocenters. The quantitative estimate of drug-likeness (QED) is 0.414. The predicted molar refractivity (Wildman–Crippen MR) is 139 cm³/mol. The molecule has 7 nitrogen and oxygen atoms in total. The van der Waals surface area contributed by atoms with Crippen molar-refractivity contribution in [3.8, 4) is 11.5 Å². The molecule has 1 aromatic heterocycles. The molecule has 0 bridgehead atoms. The van der Waals surface area contributed by atoms with Gasteiger partial charge in [0.25, 0.3) is 5.91 Å². The van der Waals surface area contributed by atoms with Crippen LogP contribution in [0.1, 0.15) is 22.0 Å². The van der Waals surface area contributed by atoms with Crippen LogP contribution in [0.15, 0.2) is 79.0 Å².